The third-order valence-electron chi connectivity index (χ3n) is 3.61. The third kappa shape index (κ3) is 26.5. The van der Waals surface area contributed by atoms with Gasteiger partial charge in [-0.05, 0) is 0 Å². The fourth-order valence-electron chi connectivity index (χ4n) is 1.81. The van der Waals surface area contributed by atoms with Crippen LogP contribution in [-0.4, -0.2) is 185 Å². The van der Waals surface area contributed by atoms with Gasteiger partial charge < -0.3 is 88.4 Å². The summed E-state index contributed by atoms with van der Waals surface area (Å²) in [6, 6.07) is 0. The molecular weight excluding hydrogens is 725 g/mol. The first-order valence-corrected chi connectivity index (χ1v) is 15.4. The molecule has 0 aliphatic heterocycles. The van der Waals surface area contributed by atoms with E-state index in [1.807, 2.05) is 0 Å². The first-order valence-electron chi connectivity index (χ1n) is 9.52. The molecule has 8 atom stereocenters. The zero-order valence-corrected chi connectivity index (χ0v) is 29.1. The smallest absolute Gasteiger partial charge is 0.790 e. The molecule has 0 rings (SSSR count). The zero-order chi connectivity index (χ0) is 32.3. The summed E-state index contributed by atoms with van der Waals surface area (Å²) >= 11 is 0. The molecule has 0 aromatic rings. The van der Waals surface area contributed by atoms with Crippen molar-refractivity contribution in [2.24, 2.45) is 0 Å². The number of hydrogen-bond acceptors (Lipinski definition) is 24. The van der Waals surface area contributed by atoms with E-state index in [9.17, 15) is 77.6 Å². The summed E-state index contributed by atoms with van der Waals surface area (Å²) in [5.74, 6) is -2.52. The van der Waals surface area contributed by atoms with Gasteiger partial charge in [0, 0.05) is 0 Å². The Balaban J connectivity index is -0.000000209. The molecule has 31 heteroatoms. The van der Waals surface area contributed by atoms with E-state index in [1.54, 1.807) is 0 Å². The molecule has 0 fully saturated rings. The molecular formula is C12H22Mg3O24P4. The van der Waals surface area contributed by atoms with Gasteiger partial charge in [0.15, 0.2) is 11.6 Å². The summed E-state index contributed by atoms with van der Waals surface area (Å²) in [6.07, 6.45) is -13.2. The van der Waals surface area contributed by atoms with E-state index >= 15 is 0 Å². The maximum Gasteiger partial charge on any atom is 2.00 e. The van der Waals surface area contributed by atoms with Crippen LogP contribution in [0.25, 0.3) is 0 Å². The molecule has 0 radical (unpaired) electrons. The van der Waals surface area contributed by atoms with Gasteiger partial charge in [-0.3, -0.25) is 27.3 Å². The Kier molecular flexibility index (Phi) is 30.4. The van der Waals surface area contributed by atoms with Crippen molar-refractivity contribution in [3.8, 4) is 0 Å². The Hall–Kier alpha value is 1.84. The number of Topliss-reactive ketones (excluding diaryl/α,β-unsaturated/α-hetero) is 2. The van der Waals surface area contributed by atoms with E-state index in [0.29, 0.717) is 0 Å². The second-order valence-electron chi connectivity index (χ2n) is 6.80. The van der Waals surface area contributed by atoms with E-state index in [1.165, 1.54) is 0 Å². The van der Waals surface area contributed by atoms with Crippen molar-refractivity contribution in [2.75, 3.05) is 26.4 Å². The van der Waals surface area contributed by atoms with Gasteiger partial charge in [0.05, 0.1) is 28.9 Å². The number of aliphatic hydroxyl groups excluding tert-OH is 8. The van der Waals surface area contributed by atoms with Crippen LogP contribution in [0.2, 0.25) is 0 Å². The summed E-state index contributed by atoms with van der Waals surface area (Å²) in [6.45, 7) is -4.91. The molecule has 8 N–H and O–H groups in total. The van der Waals surface area contributed by atoms with E-state index in [0.717, 1.165) is 0 Å². The molecule has 240 valence electrons. The van der Waals surface area contributed by atoms with E-state index < -0.39 is 106 Å². The van der Waals surface area contributed by atoms with Crippen molar-refractivity contribution in [1.29, 1.82) is 0 Å². The van der Waals surface area contributed by atoms with Gasteiger partial charge in [-0.25, -0.2) is 0 Å². The van der Waals surface area contributed by atoms with Crippen LogP contribution in [0.1, 0.15) is 0 Å². The predicted molar refractivity (Wildman–Crippen MR) is 122 cm³/mol. The Morgan fingerprint density at radius 2 is 0.791 bits per heavy atom. The van der Waals surface area contributed by atoms with Gasteiger partial charge >= 0.3 is 69.2 Å². The van der Waals surface area contributed by atoms with Crippen LogP contribution in [0.15, 0.2) is 0 Å². The average molecular weight is 747 g/mol. The minimum atomic E-state index is -5.89. The molecule has 24 nitrogen and oxygen atoms in total. The molecule has 0 aromatic carbocycles. The maximum absolute atomic E-state index is 10.8. The van der Waals surface area contributed by atoms with Gasteiger partial charge in [0.2, 0.25) is 0 Å². The molecule has 0 spiro atoms. The molecule has 43 heavy (non-hydrogen) atoms. The third-order valence-corrected chi connectivity index (χ3v) is 7.74. The number of carbonyl (C=O) groups excluding carboxylic acids is 2. The van der Waals surface area contributed by atoms with Gasteiger partial charge in [-0.2, -0.15) is 0 Å². The standard InChI is InChI=1S/2C6H14O12P2.3Mg/c2*7-1-3(8)5(10)6(11)4(9)2-17-20(15,16)18-19(12,13)14;;;/h2*4-7,9-11H,1-2H2,(H,15,16)(H2,12,13,14);;;/q;;3*+2/p-6/t2*4-,5-,6-;;;/m11.../s1. The minimum Gasteiger partial charge on any atom is -0.790 e. The molecule has 0 saturated heterocycles. The van der Waals surface area contributed by atoms with E-state index in [-0.39, 0.29) is 69.2 Å². The number of phosphoric ester groups is 2. The van der Waals surface area contributed by atoms with Crippen LogP contribution in [0.5, 0.6) is 0 Å². The largest absolute Gasteiger partial charge is 2.00 e. The summed E-state index contributed by atoms with van der Waals surface area (Å²) in [7, 11) is -23.0. The zero-order valence-electron chi connectivity index (χ0n) is 21.3. The minimum absolute atomic E-state index is 0. The summed E-state index contributed by atoms with van der Waals surface area (Å²) < 4.78 is 55.2. The van der Waals surface area contributed by atoms with Crippen molar-refractivity contribution in [2.45, 2.75) is 36.6 Å². The van der Waals surface area contributed by atoms with E-state index in [2.05, 4.69) is 17.7 Å². The predicted octanol–water partition coefficient (Wildman–Crippen LogP) is -11.2. The SMILES string of the molecule is O=C(CO)[C@@H](O)[C@H](O)[C@H](O)COP(=O)([O-])OP(=O)([O-])[O-].O=C(CO)[C@@H](O)[C@H](O)[C@H](O)COP(=O)([O-])OP(=O)([O-])[O-].[Mg+2].[Mg+2].[Mg+2]. The summed E-state index contributed by atoms with van der Waals surface area (Å²) in [5.41, 5.74) is 0. The fraction of sp³-hybridized carbons (Fsp3) is 0.833. The van der Waals surface area contributed by atoms with Crippen LogP contribution < -0.4 is 29.4 Å². The maximum atomic E-state index is 10.8. The van der Waals surface area contributed by atoms with Crippen LogP contribution in [0.4, 0.5) is 0 Å². The second-order valence-corrected chi connectivity index (χ2v) is 12.2. The van der Waals surface area contributed by atoms with Crippen molar-refractivity contribution in [3.05, 3.63) is 0 Å². The molecule has 0 amide bonds. The molecule has 2 unspecified atom stereocenters. The van der Waals surface area contributed by atoms with Crippen molar-refractivity contribution in [1.82, 2.24) is 0 Å². The van der Waals surface area contributed by atoms with Crippen molar-refractivity contribution in [3.63, 3.8) is 0 Å². The molecule has 0 heterocycles. The summed E-state index contributed by atoms with van der Waals surface area (Å²) in [4.78, 5) is 83.3. The topological polar surface area (TPSA) is 440 Å². The van der Waals surface area contributed by atoms with Gasteiger partial charge in [-0.15, -0.1) is 0 Å². The van der Waals surface area contributed by atoms with Crippen LogP contribution in [0.3, 0.4) is 0 Å². The number of aliphatic hydroxyl groups is 8. The number of rotatable bonds is 18. The van der Waals surface area contributed by atoms with Gasteiger partial charge in [0.25, 0.3) is 15.6 Å². The van der Waals surface area contributed by atoms with E-state index in [4.69, 9.17) is 20.4 Å². The molecule has 0 aliphatic carbocycles. The van der Waals surface area contributed by atoms with Crippen LogP contribution in [-0.2, 0) is 45.5 Å². The Morgan fingerprint density at radius 1 is 0.558 bits per heavy atom. The number of ketones is 2. The molecule has 0 saturated carbocycles. The second kappa shape index (κ2) is 24.0. The first-order chi connectivity index (χ1) is 17.8. The quantitative estimate of drug-likeness (QED) is 0.0476. The summed E-state index contributed by atoms with van der Waals surface area (Å²) in [5, 5.41) is 71.7. The molecule has 0 aliphatic rings. The average Bonchev–Trinajstić information content (AvgIpc) is 2.80. The first kappa shape index (κ1) is 54.3. The van der Waals surface area contributed by atoms with Crippen LogP contribution in [0, 0.1) is 0 Å². The van der Waals surface area contributed by atoms with Gasteiger partial charge in [0.1, 0.15) is 49.8 Å². The Bertz CT molecular complexity index is 926. The van der Waals surface area contributed by atoms with Crippen molar-refractivity contribution >= 4 is 112 Å². The number of hydrogen-bond donors (Lipinski definition) is 8. The monoisotopic (exact) mass is 746 g/mol. The van der Waals surface area contributed by atoms with Gasteiger partial charge in [-0.1, -0.05) is 0 Å². The van der Waals surface area contributed by atoms with Crippen molar-refractivity contribution < 1.29 is 116 Å². The number of carbonyl (C=O) groups is 2. The normalized spacial score (nSPS) is 18.6. The number of phosphoric acid groups is 4. The fourth-order valence-corrected chi connectivity index (χ4v) is 4.82. The molecule has 0 bridgehead atoms. The Labute approximate surface area is 289 Å². The van der Waals surface area contributed by atoms with Crippen LogP contribution >= 0.6 is 31.3 Å². The Morgan fingerprint density at radius 3 is 0.977 bits per heavy atom. The molecule has 0 aromatic heterocycles.